The fraction of sp³-hybridized carbons (Fsp3) is 0.100. The predicted molar refractivity (Wildman–Crippen MR) is 103 cm³/mol. The van der Waals surface area contributed by atoms with Gasteiger partial charge >= 0.3 is 5.97 Å². The van der Waals surface area contributed by atoms with Crippen molar-refractivity contribution < 1.29 is 14.1 Å². The second-order valence-electron chi connectivity index (χ2n) is 6.08. The summed E-state index contributed by atoms with van der Waals surface area (Å²) in [4.78, 5) is 24.7. The number of rotatable bonds is 4. The third-order valence-corrected chi connectivity index (χ3v) is 4.45. The van der Waals surface area contributed by atoms with Gasteiger partial charge < -0.3 is 9.26 Å². The normalized spacial score (nSPS) is 10.9. The highest BCUT2D eigenvalue weighted by atomic mass is 35.5. The summed E-state index contributed by atoms with van der Waals surface area (Å²) in [7, 11) is 1.49. The minimum absolute atomic E-state index is 0.0649. The summed E-state index contributed by atoms with van der Waals surface area (Å²) in [6.45, 7) is -0.113. The molecule has 8 heteroatoms. The Morgan fingerprint density at radius 2 is 1.86 bits per heavy atom. The van der Waals surface area contributed by atoms with Gasteiger partial charge in [0.05, 0.1) is 5.39 Å². The van der Waals surface area contributed by atoms with Crippen molar-refractivity contribution in [3.05, 3.63) is 81.4 Å². The SMILES string of the molecule is Cn1nc(C(=O)OCc2cc(-c3ccc(Cl)cc3)no2)c2ccccc2c1=O. The van der Waals surface area contributed by atoms with Crippen molar-refractivity contribution in [3.8, 4) is 11.3 Å². The Morgan fingerprint density at radius 1 is 1.14 bits per heavy atom. The van der Waals surface area contributed by atoms with E-state index in [-0.39, 0.29) is 17.9 Å². The molecule has 2 aromatic carbocycles. The van der Waals surface area contributed by atoms with E-state index in [0.29, 0.717) is 27.2 Å². The number of benzene rings is 2. The average Bonchev–Trinajstić information content (AvgIpc) is 3.18. The summed E-state index contributed by atoms with van der Waals surface area (Å²) in [5, 5.41) is 9.48. The van der Waals surface area contributed by atoms with Crippen LogP contribution < -0.4 is 5.56 Å². The minimum atomic E-state index is -0.656. The van der Waals surface area contributed by atoms with E-state index >= 15 is 0 Å². The number of fused-ring (bicyclic) bond motifs is 1. The number of esters is 1. The highest BCUT2D eigenvalue weighted by Gasteiger charge is 2.18. The molecule has 0 aliphatic carbocycles. The Hall–Kier alpha value is -3.45. The Labute approximate surface area is 164 Å². The monoisotopic (exact) mass is 395 g/mol. The van der Waals surface area contributed by atoms with E-state index < -0.39 is 5.97 Å². The molecule has 0 spiro atoms. The first kappa shape index (κ1) is 17.9. The van der Waals surface area contributed by atoms with E-state index in [1.165, 1.54) is 7.05 Å². The lowest BCUT2D eigenvalue weighted by Crippen LogP contribution is -2.23. The van der Waals surface area contributed by atoms with E-state index in [1.54, 1.807) is 42.5 Å². The largest absolute Gasteiger partial charge is 0.453 e. The zero-order chi connectivity index (χ0) is 19.7. The number of hydrogen-bond donors (Lipinski definition) is 0. The molecule has 140 valence electrons. The van der Waals surface area contributed by atoms with Crippen LogP contribution in [0.5, 0.6) is 0 Å². The molecule has 4 rings (SSSR count). The second-order valence-corrected chi connectivity index (χ2v) is 6.52. The van der Waals surface area contributed by atoms with Gasteiger partial charge in [0.15, 0.2) is 18.1 Å². The van der Waals surface area contributed by atoms with Crippen LogP contribution in [0.3, 0.4) is 0 Å². The molecule has 2 aromatic heterocycles. The standard InChI is InChI=1S/C20H14ClN3O4/c1-24-19(25)16-5-3-2-4-15(16)18(22-24)20(26)27-11-14-10-17(23-28-14)12-6-8-13(21)9-7-12/h2-10H,11H2,1H3. The van der Waals surface area contributed by atoms with Gasteiger partial charge in [-0.15, -0.1) is 0 Å². The molecule has 2 heterocycles. The molecule has 0 bridgehead atoms. The van der Waals surface area contributed by atoms with Gasteiger partial charge in [-0.05, 0) is 18.2 Å². The molecule has 0 fully saturated rings. The average molecular weight is 396 g/mol. The highest BCUT2D eigenvalue weighted by Crippen LogP contribution is 2.22. The number of ether oxygens (including phenoxy) is 1. The Morgan fingerprint density at radius 3 is 2.61 bits per heavy atom. The van der Waals surface area contributed by atoms with E-state index in [0.717, 1.165) is 10.2 Å². The molecule has 0 aliphatic heterocycles. The first-order chi connectivity index (χ1) is 13.5. The number of carbonyl (C=O) groups is 1. The molecule has 0 amide bonds. The molecule has 0 atom stereocenters. The molecule has 0 aliphatic rings. The second kappa shape index (κ2) is 7.28. The summed E-state index contributed by atoms with van der Waals surface area (Å²) in [5.74, 6) is -0.274. The van der Waals surface area contributed by atoms with Crippen molar-refractivity contribution in [1.82, 2.24) is 14.9 Å². The van der Waals surface area contributed by atoms with Crippen LogP contribution in [0.2, 0.25) is 5.02 Å². The quantitative estimate of drug-likeness (QED) is 0.491. The maximum Gasteiger partial charge on any atom is 0.359 e. The number of halogens is 1. The summed E-state index contributed by atoms with van der Waals surface area (Å²) in [6, 6.07) is 15.6. The molecule has 4 aromatic rings. The summed E-state index contributed by atoms with van der Waals surface area (Å²) < 4.78 is 11.7. The molecule has 0 unspecified atom stereocenters. The van der Waals surface area contributed by atoms with Crippen LogP contribution in [-0.4, -0.2) is 20.9 Å². The maximum atomic E-state index is 12.5. The van der Waals surface area contributed by atoms with Crippen molar-refractivity contribution in [2.24, 2.45) is 7.05 Å². The number of carbonyl (C=O) groups excluding carboxylic acids is 1. The van der Waals surface area contributed by atoms with Crippen LogP contribution in [0.1, 0.15) is 16.2 Å². The fourth-order valence-electron chi connectivity index (χ4n) is 2.79. The van der Waals surface area contributed by atoms with Crippen LogP contribution in [0.4, 0.5) is 0 Å². The van der Waals surface area contributed by atoms with E-state index in [4.69, 9.17) is 20.9 Å². The van der Waals surface area contributed by atoms with Crippen molar-refractivity contribution >= 4 is 28.3 Å². The first-order valence-corrected chi connectivity index (χ1v) is 8.75. The Bertz CT molecular complexity index is 1230. The van der Waals surface area contributed by atoms with E-state index in [1.807, 2.05) is 12.1 Å². The highest BCUT2D eigenvalue weighted by molar-refractivity contribution is 6.30. The third-order valence-electron chi connectivity index (χ3n) is 4.19. The lowest BCUT2D eigenvalue weighted by Gasteiger charge is -2.07. The number of aromatic nitrogens is 3. The molecule has 0 N–H and O–H groups in total. The molecule has 0 saturated heterocycles. The van der Waals surface area contributed by atoms with Gasteiger partial charge in [-0.1, -0.05) is 47.1 Å². The van der Waals surface area contributed by atoms with Gasteiger partial charge in [-0.2, -0.15) is 5.10 Å². The summed E-state index contributed by atoms with van der Waals surface area (Å²) in [5.41, 5.74) is 1.22. The Balaban J connectivity index is 1.54. The third kappa shape index (κ3) is 3.39. The summed E-state index contributed by atoms with van der Waals surface area (Å²) >= 11 is 5.88. The predicted octanol–water partition coefficient (Wildman–Crippen LogP) is 3.60. The van der Waals surface area contributed by atoms with Crippen molar-refractivity contribution in [2.45, 2.75) is 6.61 Å². The van der Waals surface area contributed by atoms with Gasteiger partial charge in [0.1, 0.15) is 5.69 Å². The molecule has 7 nitrogen and oxygen atoms in total. The molecule has 0 saturated carbocycles. The Kier molecular flexibility index (Phi) is 4.67. The zero-order valence-electron chi connectivity index (χ0n) is 14.8. The van der Waals surface area contributed by atoms with Gasteiger partial charge in [0.25, 0.3) is 5.56 Å². The lowest BCUT2D eigenvalue weighted by atomic mass is 10.1. The maximum absolute atomic E-state index is 12.5. The van der Waals surface area contributed by atoms with Crippen LogP contribution in [-0.2, 0) is 18.4 Å². The van der Waals surface area contributed by atoms with Gasteiger partial charge in [-0.3, -0.25) is 4.79 Å². The van der Waals surface area contributed by atoms with E-state index in [9.17, 15) is 9.59 Å². The molecular weight excluding hydrogens is 382 g/mol. The fourth-order valence-corrected chi connectivity index (χ4v) is 2.92. The summed E-state index contributed by atoms with van der Waals surface area (Å²) in [6.07, 6.45) is 0. The smallest absolute Gasteiger partial charge is 0.359 e. The zero-order valence-corrected chi connectivity index (χ0v) is 15.5. The van der Waals surface area contributed by atoms with Crippen LogP contribution in [0, 0.1) is 0 Å². The molecular formula is C20H14ClN3O4. The van der Waals surface area contributed by atoms with Crippen LogP contribution >= 0.6 is 11.6 Å². The number of nitrogens with zero attached hydrogens (tertiary/aromatic N) is 3. The molecule has 28 heavy (non-hydrogen) atoms. The number of aryl methyl sites for hydroxylation is 1. The minimum Gasteiger partial charge on any atom is -0.453 e. The van der Waals surface area contributed by atoms with Crippen molar-refractivity contribution in [2.75, 3.05) is 0 Å². The topological polar surface area (TPSA) is 87.2 Å². The first-order valence-electron chi connectivity index (χ1n) is 8.37. The van der Waals surface area contributed by atoms with Crippen LogP contribution in [0.15, 0.2) is 63.9 Å². The van der Waals surface area contributed by atoms with Gasteiger partial charge in [0.2, 0.25) is 0 Å². The van der Waals surface area contributed by atoms with Crippen molar-refractivity contribution in [1.29, 1.82) is 0 Å². The van der Waals surface area contributed by atoms with E-state index in [2.05, 4.69) is 10.3 Å². The molecule has 0 radical (unpaired) electrons. The lowest BCUT2D eigenvalue weighted by molar-refractivity contribution is 0.0430. The van der Waals surface area contributed by atoms with Crippen LogP contribution in [0.25, 0.3) is 22.0 Å². The van der Waals surface area contributed by atoms with Crippen molar-refractivity contribution in [3.63, 3.8) is 0 Å². The van der Waals surface area contributed by atoms with Gasteiger partial charge in [0, 0.05) is 29.1 Å². The van der Waals surface area contributed by atoms with Gasteiger partial charge in [-0.25, -0.2) is 9.48 Å². The number of hydrogen-bond acceptors (Lipinski definition) is 6.